The highest BCUT2D eigenvalue weighted by molar-refractivity contribution is 7.90. The van der Waals surface area contributed by atoms with Crippen LogP contribution in [0.25, 0.3) is 0 Å². The Balaban J connectivity index is 3.21. The van der Waals surface area contributed by atoms with Crippen LogP contribution in [0.4, 0.5) is 11.4 Å². The van der Waals surface area contributed by atoms with E-state index in [1.54, 1.807) is 12.1 Å². The van der Waals surface area contributed by atoms with Crippen molar-refractivity contribution in [2.45, 2.75) is 37.6 Å². The molecule has 3 N–H and O–H groups in total. The zero-order valence-electron chi connectivity index (χ0n) is 10.7. The van der Waals surface area contributed by atoms with Crippen molar-refractivity contribution in [3.05, 3.63) is 18.2 Å². The molecule has 1 rings (SSSR count). The summed E-state index contributed by atoms with van der Waals surface area (Å²) in [5.74, 6) is 0. The Morgan fingerprint density at radius 3 is 2.41 bits per heavy atom. The molecule has 0 aromatic heterocycles. The SMILES string of the molecule is CCC(C)(C)Nc1cccc(S(C)(=O)=O)c1N. The number of para-hydroxylation sites is 1. The molecule has 0 fully saturated rings. The highest BCUT2D eigenvalue weighted by atomic mass is 32.2. The zero-order chi connectivity index (χ0) is 13.3. The fourth-order valence-electron chi connectivity index (χ4n) is 1.43. The molecule has 0 aliphatic carbocycles. The molecular weight excluding hydrogens is 236 g/mol. The molecule has 0 unspecified atom stereocenters. The number of nitrogens with one attached hydrogen (secondary N) is 1. The van der Waals surface area contributed by atoms with Crippen molar-refractivity contribution in [2.75, 3.05) is 17.3 Å². The summed E-state index contributed by atoms with van der Waals surface area (Å²) < 4.78 is 23.1. The fraction of sp³-hybridized carbons (Fsp3) is 0.500. The molecule has 0 bridgehead atoms. The van der Waals surface area contributed by atoms with Gasteiger partial charge in [0.1, 0.15) is 0 Å². The third-order valence-corrected chi connectivity index (χ3v) is 3.98. The molecule has 0 spiro atoms. The first kappa shape index (κ1) is 13.8. The Morgan fingerprint density at radius 2 is 1.94 bits per heavy atom. The number of nitrogens with two attached hydrogens (primary N) is 1. The molecule has 0 aliphatic rings. The van der Waals surface area contributed by atoms with Gasteiger partial charge in [0.05, 0.1) is 16.3 Å². The van der Waals surface area contributed by atoms with Gasteiger partial charge in [0, 0.05) is 11.8 Å². The van der Waals surface area contributed by atoms with Gasteiger partial charge >= 0.3 is 0 Å². The first-order chi connectivity index (χ1) is 7.67. The van der Waals surface area contributed by atoms with Crippen LogP contribution >= 0.6 is 0 Å². The standard InChI is InChI=1S/C12H20N2O2S/c1-5-12(2,3)14-9-7-6-8-10(11(9)13)17(4,15)16/h6-8,14H,5,13H2,1-4H3. The maximum atomic E-state index is 11.5. The van der Waals surface area contributed by atoms with Crippen LogP contribution in [0.2, 0.25) is 0 Å². The summed E-state index contributed by atoms with van der Waals surface area (Å²) in [6.45, 7) is 6.14. The number of nitrogen functional groups attached to an aromatic ring is 1. The molecule has 0 saturated heterocycles. The predicted octanol–water partition coefficient (Wildman–Crippen LogP) is 2.27. The summed E-state index contributed by atoms with van der Waals surface area (Å²) >= 11 is 0. The third kappa shape index (κ3) is 3.36. The molecule has 0 atom stereocenters. The normalized spacial score (nSPS) is 12.5. The summed E-state index contributed by atoms with van der Waals surface area (Å²) in [5, 5.41) is 3.26. The lowest BCUT2D eigenvalue weighted by atomic mass is 10.0. The molecule has 0 aliphatic heterocycles. The maximum absolute atomic E-state index is 11.5. The van der Waals surface area contributed by atoms with E-state index < -0.39 is 9.84 Å². The van der Waals surface area contributed by atoms with Crippen LogP contribution < -0.4 is 11.1 Å². The van der Waals surface area contributed by atoms with Gasteiger partial charge < -0.3 is 11.1 Å². The number of anilines is 2. The largest absolute Gasteiger partial charge is 0.396 e. The highest BCUT2D eigenvalue weighted by Gasteiger charge is 2.19. The molecule has 0 amide bonds. The van der Waals surface area contributed by atoms with E-state index in [9.17, 15) is 8.42 Å². The summed E-state index contributed by atoms with van der Waals surface area (Å²) in [6, 6.07) is 5.01. The van der Waals surface area contributed by atoms with E-state index in [1.165, 1.54) is 6.07 Å². The molecule has 4 nitrogen and oxygen atoms in total. The van der Waals surface area contributed by atoms with E-state index in [2.05, 4.69) is 12.2 Å². The Labute approximate surface area is 103 Å². The van der Waals surface area contributed by atoms with E-state index >= 15 is 0 Å². The van der Waals surface area contributed by atoms with Crippen LogP contribution in [-0.2, 0) is 9.84 Å². The minimum Gasteiger partial charge on any atom is -0.396 e. The quantitative estimate of drug-likeness (QED) is 0.811. The molecule has 1 aromatic rings. The molecule has 96 valence electrons. The second-order valence-corrected chi connectivity index (χ2v) is 6.84. The molecule has 0 heterocycles. The van der Waals surface area contributed by atoms with Gasteiger partial charge in [0.15, 0.2) is 9.84 Å². The van der Waals surface area contributed by atoms with Crippen molar-refractivity contribution < 1.29 is 8.42 Å². The lowest BCUT2D eigenvalue weighted by Gasteiger charge is -2.27. The minimum absolute atomic E-state index is 0.121. The number of hydrogen-bond acceptors (Lipinski definition) is 4. The van der Waals surface area contributed by atoms with Gasteiger partial charge in [-0.3, -0.25) is 0 Å². The van der Waals surface area contributed by atoms with Crippen molar-refractivity contribution in [3.8, 4) is 0 Å². The summed E-state index contributed by atoms with van der Waals surface area (Å²) in [5.41, 5.74) is 6.72. The number of hydrogen-bond donors (Lipinski definition) is 2. The van der Waals surface area contributed by atoms with Crippen molar-refractivity contribution in [1.82, 2.24) is 0 Å². The van der Waals surface area contributed by atoms with Gasteiger partial charge in [-0.2, -0.15) is 0 Å². The van der Waals surface area contributed by atoms with Gasteiger partial charge in [-0.05, 0) is 32.4 Å². The van der Waals surface area contributed by atoms with Crippen LogP contribution in [0, 0.1) is 0 Å². The molecular formula is C12H20N2O2S. The Kier molecular flexibility index (Phi) is 3.71. The average molecular weight is 256 g/mol. The second-order valence-electron chi connectivity index (χ2n) is 4.85. The third-order valence-electron chi connectivity index (χ3n) is 2.82. The second kappa shape index (κ2) is 4.56. The van der Waals surface area contributed by atoms with Gasteiger partial charge in [-0.15, -0.1) is 0 Å². The predicted molar refractivity (Wildman–Crippen MR) is 72.0 cm³/mol. The summed E-state index contributed by atoms with van der Waals surface area (Å²) in [4.78, 5) is 0.175. The monoisotopic (exact) mass is 256 g/mol. The van der Waals surface area contributed by atoms with Gasteiger partial charge in [0.2, 0.25) is 0 Å². The Hall–Kier alpha value is -1.23. The van der Waals surface area contributed by atoms with Crippen molar-refractivity contribution in [3.63, 3.8) is 0 Å². The fourth-order valence-corrected chi connectivity index (χ4v) is 2.26. The van der Waals surface area contributed by atoms with Gasteiger partial charge in [0.25, 0.3) is 0 Å². The van der Waals surface area contributed by atoms with E-state index in [-0.39, 0.29) is 16.1 Å². The summed E-state index contributed by atoms with van der Waals surface area (Å²) in [6.07, 6.45) is 2.07. The minimum atomic E-state index is -3.28. The molecule has 0 saturated carbocycles. The Morgan fingerprint density at radius 1 is 1.35 bits per heavy atom. The number of sulfone groups is 1. The summed E-state index contributed by atoms with van der Waals surface area (Å²) in [7, 11) is -3.28. The van der Waals surface area contributed by atoms with E-state index in [1.807, 2.05) is 13.8 Å². The molecule has 1 aromatic carbocycles. The van der Waals surface area contributed by atoms with Gasteiger partial charge in [-0.25, -0.2) is 8.42 Å². The highest BCUT2D eigenvalue weighted by Crippen LogP contribution is 2.29. The van der Waals surface area contributed by atoms with Crippen LogP contribution in [-0.4, -0.2) is 20.2 Å². The lowest BCUT2D eigenvalue weighted by molar-refractivity contribution is 0.547. The van der Waals surface area contributed by atoms with Crippen molar-refractivity contribution in [1.29, 1.82) is 0 Å². The number of rotatable bonds is 4. The van der Waals surface area contributed by atoms with E-state index in [0.717, 1.165) is 12.7 Å². The first-order valence-electron chi connectivity index (χ1n) is 5.54. The number of benzene rings is 1. The smallest absolute Gasteiger partial charge is 0.177 e. The van der Waals surface area contributed by atoms with Crippen LogP contribution in [0.1, 0.15) is 27.2 Å². The van der Waals surface area contributed by atoms with Gasteiger partial charge in [-0.1, -0.05) is 13.0 Å². The van der Waals surface area contributed by atoms with E-state index in [4.69, 9.17) is 5.73 Å². The Bertz CT molecular complexity index is 507. The van der Waals surface area contributed by atoms with Crippen molar-refractivity contribution >= 4 is 21.2 Å². The van der Waals surface area contributed by atoms with Crippen LogP contribution in [0.3, 0.4) is 0 Å². The lowest BCUT2D eigenvalue weighted by Crippen LogP contribution is -2.30. The topological polar surface area (TPSA) is 72.2 Å². The van der Waals surface area contributed by atoms with Crippen LogP contribution in [0.5, 0.6) is 0 Å². The molecule has 5 heteroatoms. The van der Waals surface area contributed by atoms with Crippen molar-refractivity contribution in [2.24, 2.45) is 0 Å². The zero-order valence-corrected chi connectivity index (χ0v) is 11.6. The molecule has 0 radical (unpaired) electrons. The molecule has 17 heavy (non-hydrogen) atoms. The average Bonchev–Trinajstić information content (AvgIpc) is 2.19. The van der Waals surface area contributed by atoms with Crippen LogP contribution in [0.15, 0.2) is 23.1 Å². The maximum Gasteiger partial charge on any atom is 0.177 e. The van der Waals surface area contributed by atoms with E-state index in [0.29, 0.717) is 5.69 Å². The first-order valence-corrected chi connectivity index (χ1v) is 7.43.